The van der Waals surface area contributed by atoms with Gasteiger partial charge in [0.15, 0.2) is 11.8 Å². The summed E-state index contributed by atoms with van der Waals surface area (Å²) in [6.45, 7) is 6.60. The molecule has 0 spiro atoms. The molecule has 116 valence electrons. The van der Waals surface area contributed by atoms with Crippen molar-refractivity contribution in [1.82, 2.24) is 4.90 Å². The van der Waals surface area contributed by atoms with Gasteiger partial charge in [-0.3, -0.25) is 14.5 Å². The van der Waals surface area contributed by atoms with Crippen molar-refractivity contribution in [3.8, 4) is 0 Å². The lowest BCUT2D eigenvalue weighted by Gasteiger charge is -2.27. The molecule has 0 fully saturated rings. The molecule has 0 saturated heterocycles. The lowest BCUT2D eigenvalue weighted by Crippen LogP contribution is -2.44. The molecule has 2 unspecified atom stereocenters. The largest absolute Gasteiger partial charge is 0.481 e. The fraction of sp³-hybridized carbons (Fsp3) is 0.750. The molecule has 0 aliphatic heterocycles. The lowest BCUT2D eigenvalue weighted by molar-refractivity contribution is -0.176. The Morgan fingerprint density at radius 2 is 1.65 bits per heavy atom. The van der Waals surface area contributed by atoms with Crippen LogP contribution in [-0.4, -0.2) is 63.0 Å². The van der Waals surface area contributed by atoms with E-state index in [-0.39, 0.29) is 0 Å². The third-order valence-electron chi connectivity index (χ3n) is 2.91. The first-order chi connectivity index (χ1) is 9.16. The minimum absolute atomic E-state index is 0.583. The molecule has 0 saturated carbocycles. The molecule has 0 rings (SSSR count). The van der Waals surface area contributed by atoms with E-state index in [1.807, 2.05) is 13.8 Å². The van der Waals surface area contributed by atoms with Crippen LogP contribution in [0.25, 0.3) is 0 Å². The molecule has 20 heavy (non-hydrogen) atoms. The van der Waals surface area contributed by atoms with Crippen LogP contribution in [0.3, 0.4) is 0 Å². The van der Waals surface area contributed by atoms with Gasteiger partial charge in [0.2, 0.25) is 0 Å². The molecule has 0 aliphatic carbocycles. The number of aliphatic carboxylic acids is 2. The number of rotatable bonds is 9. The maximum atomic E-state index is 11.6. The van der Waals surface area contributed by atoms with Crippen LogP contribution in [0.1, 0.15) is 33.6 Å². The highest BCUT2D eigenvalue weighted by Gasteiger charge is 2.41. The van der Waals surface area contributed by atoms with Gasteiger partial charge in [0.1, 0.15) is 0 Å². The number of carbonyl (C=O) groups excluding carboxylic acids is 1. The van der Waals surface area contributed by atoms with Gasteiger partial charge in [-0.05, 0) is 20.0 Å². The van der Waals surface area contributed by atoms with Crippen LogP contribution in [-0.2, 0) is 19.1 Å². The lowest BCUT2D eigenvalue weighted by atomic mass is 9.96. The Kier molecular flexibility index (Phi) is 7.16. The van der Waals surface area contributed by atoms with E-state index in [4.69, 9.17) is 14.9 Å². The standard InChI is InChI=1S/C12H21NO7/c1-4-13(5-2)8(3)20-10(16)7-12(19,11(17)18)6-9(14)15/h8,19H,4-7H2,1-3H3,(H,14,15)(H,17,18). The summed E-state index contributed by atoms with van der Waals surface area (Å²) in [6.07, 6.45) is -2.57. The van der Waals surface area contributed by atoms with Gasteiger partial charge in [-0.15, -0.1) is 0 Å². The van der Waals surface area contributed by atoms with E-state index in [0.29, 0.717) is 13.1 Å². The molecule has 0 bridgehead atoms. The molecule has 3 N–H and O–H groups in total. The van der Waals surface area contributed by atoms with Gasteiger partial charge in [-0.1, -0.05) is 13.8 Å². The highest BCUT2D eigenvalue weighted by Crippen LogP contribution is 2.18. The minimum Gasteiger partial charge on any atom is -0.481 e. The zero-order chi connectivity index (χ0) is 15.9. The molecule has 0 radical (unpaired) electrons. The van der Waals surface area contributed by atoms with Crippen LogP contribution < -0.4 is 0 Å². The summed E-state index contributed by atoms with van der Waals surface area (Å²) in [5.74, 6) is -4.25. The van der Waals surface area contributed by atoms with E-state index in [1.165, 1.54) is 0 Å². The zero-order valence-electron chi connectivity index (χ0n) is 11.8. The van der Waals surface area contributed by atoms with Gasteiger partial charge in [-0.25, -0.2) is 4.79 Å². The molecule has 8 heteroatoms. The molecule has 0 aromatic carbocycles. The van der Waals surface area contributed by atoms with Crippen molar-refractivity contribution in [2.45, 2.75) is 45.4 Å². The quantitative estimate of drug-likeness (QED) is 0.397. The molecule has 0 aromatic rings. The Bertz CT molecular complexity index is 367. The van der Waals surface area contributed by atoms with Crippen LogP contribution in [0.15, 0.2) is 0 Å². The summed E-state index contributed by atoms with van der Waals surface area (Å²) in [4.78, 5) is 34.9. The van der Waals surface area contributed by atoms with E-state index < -0.39 is 42.6 Å². The first-order valence-corrected chi connectivity index (χ1v) is 6.27. The highest BCUT2D eigenvalue weighted by molar-refractivity contribution is 5.88. The Morgan fingerprint density at radius 3 is 2.00 bits per heavy atom. The van der Waals surface area contributed by atoms with Gasteiger partial charge >= 0.3 is 17.9 Å². The van der Waals surface area contributed by atoms with Crippen molar-refractivity contribution in [3.05, 3.63) is 0 Å². The van der Waals surface area contributed by atoms with Gasteiger partial charge in [0.05, 0.1) is 12.8 Å². The number of hydrogen-bond donors (Lipinski definition) is 3. The number of carbonyl (C=O) groups is 3. The highest BCUT2D eigenvalue weighted by atomic mass is 16.6. The molecule has 0 amide bonds. The van der Waals surface area contributed by atoms with Crippen molar-refractivity contribution in [2.75, 3.05) is 13.1 Å². The summed E-state index contributed by atoms with van der Waals surface area (Å²) in [5.41, 5.74) is -2.66. The third kappa shape index (κ3) is 5.54. The Labute approximate surface area is 116 Å². The maximum Gasteiger partial charge on any atom is 0.336 e. The van der Waals surface area contributed by atoms with Gasteiger partial charge in [0, 0.05) is 0 Å². The molecular formula is C12H21NO7. The third-order valence-corrected chi connectivity index (χ3v) is 2.91. The van der Waals surface area contributed by atoms with E-state index in [1.54, 1.807) is 11.8 Å². The second-order valence-electron chi connectivity index (χ2n) is 4.39. The van der Waals surface area contributed by atoms with Crippen LogP contribution >= 0.6 is 0 Å². The number of carboxylic acid groups (broad SMARTS) is 2. The zero-order valence-corrected chi connectivity index (χ0v) is 11.8. The second-order valence-corrected chi connectivity index (χ2v) is 4.39. The molecular weight excluding hydrogens is 270 g/mol. The molecule has 2 atom stereocenters. The number of hydrogen-bond acceptors (Lipinski definition) is 6. The Balaban J connectivity index is 4.70. The van der Waals surface area contributed by atoms with E-state index in [2.05, 4.69) is 0 Å². The predicted molar refractivity (Wildman–Crippen MR) is 67.9 cm³/mol. The smallest absolute Gasteiger partial charge is 0.336 e. The van der Waals surface area contributed by atoms with Crippen molar-refractivity contribution in [3.63, 3.8) is 0 Å². The van der Waals surface area contributed by atoms with Gasteiger partial charge < -0.3 is 20.1 Å². The van der Waals surface area contributed by atoms with Crippen molar-refractivity contribution < 1.29 is 34.4 Å². The summed E-state index contributed by atoms with van der Waals surface area (Å²) < 4.78 is 4.99. The average molecular weight is 291 g/mol. The SMILES string of the molecule is CCN(CC)C(C)OC(=O)CC(O)(CC(=O)O)C(=O)O. The molecule has 0 heterocycles. The Morgan fingerprint density at radius 1 is 1.15 bits per heavy atom. The number of esters is 1. The maximum absolute atomic E-state index is 11.6. The van der Waals surface area contributed by atoms with Crippen molar-refractivity contribution in [1.29, 1.82) is 0 Å². The number of ether oxygens (including phenoxy) is 1. The summed E-state index contributed by atoms with van der Waals surface area (Å²) in [5, 5.41) is 27.1. The summed E-state index contributed by atoms with van der Waals surface area (Å²) in [6, 6.07) is 0. The summed E-state index contributed by atoms with van der Waals surface area (Å²) >= 11 is 0. The number of aliphatic hydroxyl groups is 1. The van der Waals surface area contributed by atoms with Crippen molar-refractivity contribution in [2.24, 2.45) is 0 Å². The topological polar surface area (TPSA) is 124 Å². The fourth-order valence-electron chi connectivity index (χ4n) is 1.75. The van der Waals surface area contributed by atoms with Gasteiger partial charge in [-0.2, -0.15) is 0 Å². The second kappa shape index (κ2) is 7.81. The fourth-order valence-corrected chi connectivity index (χ4v) is 1.75. The summed E-state index contributed by atoms with van der Waals surface area (Å²) in [7, 11) is 0. The Hall–Kier alpha value is -1.67. The van der Waals surface area contributed by atoms with Crippen LogP contribution in [0.2, 0.25) is 0 Å². The molecule has 0 aliphatic rings. The first-order valence-electron chi connectivity index (χ1n) is 6.27. The van der Waals surface area contributed by atoms with Crippen LogP contribution in [0, 0.1) is 0 Å². The average Bonchev–Trinajstić information content (AvgIpc) is 2.28. The first kappa shape index (κ1) is 18.3. The minimum atomic E-state index is -2.66. The van der Waals surface area contributed by atoms with E-state index >= 15 is 0 Å². The number of nitrogens with zero attached hydrogens (tertiary/aromatic N) is 1. The molecule has 0 aromatic heterocycles. The normalized spacial score (nSPS) is 15.4. The van der Waals surface area contributed by atoms with Crippen molar-refractivity contribution >= 4 is 17.9 Å². The van der Waals surface area contributed by atoms with Crippen LogP contribution in [0.4, 0.5) is 0 Å². The van der Waals surface area contributed by atoms with Crippen LogP contribution in [0.5, 0.6) is 0 Å². The predicted octanol–water partition coefficient (Wildman–Crippen LogP) is -0.102. The van der Waals surface area contributed by atoms with E-state index in [9.17, 15) is 19.5 Å². The molecule has 8 nitrogen and oxygen atoms in total. The van der Waals surface area contributed by atoms with Gasteiger partial charge in [0.25, 0.3) is 0 Å². The number of carboxylic acids is 2. The van der Waals surface area contributed by atoms with E-state index in [0.717, 1.165) is 0 Å². The monoisotopic (exact) mass is 291 g/mol.